The molecule has 0 unspecified atom stereocenters. The molecule has 5 rings (SSSR count). The Balaban J connectivity index is 1.41. The summed E-state index contributed by atoms with van der Waals surface area (Å²) in [6, 6.07) is 8.78. The Labute approximate surface area is 218 Å². The van der Waals surface area contributed by atoms with Gasteiger partial charge < -0.3 is 19.5 Å². The first-order valence-electron chi connectivity index (χ1n) is 11.6. The van der Waals surface area contributed by atoms with Crippen LogP contribution in [0.4, 0.5) is 34.9 Å². The highest BCUT2D eigenvalue weighted by atomic mass is 127. The van der Waals surface area contributed by atoms with Crippen LogP contribution in [0, 0.1) is 3.57 Å². The average Bonchev–Trinajstić information content (AvgIpc) is 3.32. The van der Waals surface area contributed by atoms with Crippen molar-refractivity contribution in [1.29, 1.82) is 0 Å². The molecule has 11 heteroatoms. The number of hydrogen-bond acceptors (Lipinski definition) is 5. The molecule has 0 radical (unpaired) electrons. The largest absolute Gasteiger partial charge is 0.460 e. The van der Waals surface area contributed by atoms with Crippen molar-refractivity contribution in [2.75, 3.05) is 41.3 Å². The van der Waals surface area contributed by atoms with Crippen molar-refractivity contribution in [1.82, 2.24) is 4.98 Å². The van der Waals surface area contributed by atoms with E-state index in [0.717, 1.165) is 3.57 Å². The summed E-state index contributed by atoms with van der Waals surface area (Å²) in [7, 11) is 0. The van der Waals surface area contributed by atoms with Gasteiger partial charge in [-0.2, -0.15) is 8.78 Å². The topological polar surface area (TPSA) is 61.6 Å². The highest BCUT2D eigenvalue weighted by Crippen LogP contribution is 2.35. The number of halogens is 5. The number of piperidine rings is 2. The molecule has 1 amide bonds. The average molecular weight is 614 g/mol. The summed E-state index contributed by atoms with van der Waals surface area (Å²) in [6.45, 7) is 1.02. The lowest BCUT2D eigenvalue weighted by molar-refractivity contribution is -0.0221. The zero-order valence-electron chi connectivity index (χ0n) is 19.2. The molecule has 2 aliphatic rings. The van der Waals surface area contributed by atoms with Crippen LogP contribution in [0.3, 0.4) is 0 Å². The van der Waals surface area contributed by atoms with Crippen LogP contribution >= 0.6 is 22.6 Å². The summed E-state index contributed by atoms with van der Waals surface area (Å²) in [6.07, 6.45) is -0.199. The number of benzene rings is 1. The van der Waals surface area contributed by atoms with Gasteiger partial charge in [0.2, 0.25) is 0 Å². The Kier molecular flexibility index (Phi) is 6.84. The van der Waals surface area contributed by atoms with Gasteiger partial charge >= 0.3 is 0 Å². The normalized spacial score (nSPS) is 18.0. The van der Waals surface area contributed by atoms with E-state index in [-0.39, 0.29) is 50.2 Å². The second-order valence-electron chi connectivity index (χ2n) is 8.98. The molecule has 1 N–H and O–H groups in total. The Morgan fingerprint density at radius 3 is 2.44 bits per heavy atom. The molecule has 2 aliphatic heterocycles. The fourth-order valence-electron chi connectivity index (χ4n) is 4.63. The van der Waals surface area contributed by atoms with Gasteiger partial charge in [0, 0.05) is 48.0 Å². The number of nitrogens with zero attached hydrogens (tertiary/aromatic N) is 3. The molecule has 0 spiro atoms. The zero-order valence-corrected chi connectivity index (χ0v) is 21.3. The SMILES string of the molecule is O=C(Nc1cc2ccoc2c(N2CCC(F)(F)CC2)n1)c1ccc(I)cc1N1CCC(=C(F)F)CC1. The molecule has 6 nitrogen and oxygen atoms in total. The summed E-state index contributed by atoms with van der Waals surface area (Å²) in [5, 5.41) is 3.53. The minimum atomic E-state index is -2.70. The van der Waals surface area contributed by atoms with E-state index in [0.29, 0.717) is 41.1 Å². The predicted octanol–water partition coefficient (Wildman–Crippen LogP) is 6.67. The van der Waals surface area contributed by atoms with Crippen molar-refractivity contribution in [3.8, 4) is 0 Å². The van der Waals surface area contributed by atoms with E-state index in [1.165, 1.54) is 6.26 Å². The lowest BCUT2D eigenvalue weighted by Crippen LogP contribution is -2.39. The maximum Gasteiger partial charge on any atom is 0.269 e. The summed E-state index contributed by atoms with van der Waals surface area (Å²) >= 11 is 2.15. The van der Waals surface area contributed by atoms with Gasteiger partial charge in [-0.25, -0.2) is 13.8 Å². The van der Waals surface area contributed by atoms with Gasteiger partial charge in [-0.05, 0) is 71.3 Å². The van der Waals surface area contributed by atoms with Crippen molar-refractivity contribution in [2.24, 2.45) is 0 Å². The molecule has 36 heavy (non-hydrogen) atoms. The van der Waals surface area contributed by atoms with E-state index in [1.807, 2.05) is 17.0 Å². The number of rotatable bonds is 4. The summed E-state index contributed by atoms with van der Waals surface area (Å²) in [5.41, 5.74) is 1.70. The van der Waals surface area contributed by atoms with Crippen LogP contribution in [0.1, 0.15) is 36.0 Å². The number of hydrogen-bond donors (Lipinski definition) is 1. The number of furan rings is 1. The second kappa shape index (κ2) is 9.91. The van der Waals surface area contributed by atoms with Crippen molar-refractivity contribution in [3.63, 3.8) is 0 Å². The highest BCUT2D eigenvalue weighted by molar-refractivity contribution is 14.1. The fourth-order valence-corrected chi connectivity index (χ4v) is 5.11. The molecule has 1 aromatic carbocycles. The molecule has 0 atom stereocenters. The number of aromatic nitrogens is 1. The van der Waals surface area contributed by atoms with Gasteiger partial charge in [-0.15, -0.1) is 0 Å². The monoisotopic (exact) mass is 614 g/mol. The predicted molar refractivity (Wildman–Crippen MR) is 138 cm³/mol. The summed E-state index contributed by atoms with van der Waals surface area (Å²) in [5.74, 6) is -2.41. The van der Waals surface area contributed by atoms with Crippen LogP contribution in [0.5, 0.6) is 0 Å². The molecule has 2 saturated heterocycles. The van der Waals surface area contributed by atoms with Gasteiger partial charge in [0.25, 0.3) is 17.9 Å². The first kappa shape index (κ1) is 24.8. The van der Waals surface area contributed by atoms with Crippen molar-refractivity contribution < 1.29 is 26.8 Å². The number of carbonyl (C=O) groups excluding carboxylic acids is 1. The van der Waals surface area contributed by atoms with Crippen molar-refractivity contribution in [3.05, 3.63) is 57.4 Å². The van der Waals surface area contributed by atoms with E-state index < -0.39 is 17.9 Å². The Morgan fingerprint density at radius 2 is 1.75 bits per heavy atom. The maximum absolute atomic E-state index is 13.7. The Bertz CT molecular complexity index is 1320. The lowest BCUT2D eigenvalue weighted by Gasteiger charge is -2.32. The molecule has 4 heterocycles. The van der Waals surface area contributed by atoms with Crippen LogP contribution in [0.15, 0.2) is 52.7 Å². The van der Waals surface area contributed by atoms with Gasteiger partial charge in [0.05, 0.1) is 17.5 Å². The third-order valence-electron chi connectivity index (χ3n) is 6.63. The standard InChI is InChI=1S/C25H23F4IN4O2/c26-22(27)15-3-8-33(9-4-15)19-14-17(30)1-2-18(19)24(35)32-20-13-16-5-12-36-21(16)23(31-20)34-10-6-25(28,29)7-11-34/h1-2,5,12-14H,3-4,6-11H2,(H,31,32,35). The third-order valence-corrected chi connectivity index (χ3v) is 7.30. The van der Waals surface area contributed by atoms with E-state index >= 15 is 0 Å². The molecular weight excluding hydrogens is 591 g/mol. The number of anilines is 3. The smallest absolute Gasteiger partial charge is 0.269 e. The number of amides is 1. The third kappa shape index (κ3) is 5.16. The fraction of sp³-hybridized carbons (Fsp3) is 0.360. The van der Waals surface area contributed by atoms with Gasteiger partial charge in [-0.3, -0.25) is 4.79 Å². The number of carbonyl (C=O) groups is 1. The molecule has 3 aromatic rings. The molecular formula is C25H23F4IN4O2. The summed E-state index contributed by atoms with van der Waals surface area (Å²) in [4.78, 5) is 21.6. The molecule has 190 valence electrons. The number of alkyl halides is 2. The van der Waals surface area contributed by atoms with Gasteiger partial charge in [0.1, 0.15) is 5.82 Å². The summed E-state index contributed by atoms with van der Waals surface area (Å²) < 4.78 is 59.9. The first-order valence-corrected chi connectivity index (χ1v) is 12.7. The van der Waals surface area contributed by atoms with E-state index in [9.17, 15) is 22.4 Å². The molecule has 0 saturated carbocycles. The Morgan fingerprint density at radius 1 is 1.03 bits per heavy atom. The van der Waals surface area contributed by atoms with Gasteiger partial charge in [-0.1, -0.05) is 0 Å². The zero-order chi connectivity index (χ0) is 25.4. The van der Waals surface area contributed by atoms with Crippen LogP contribution in [-0.4, -0.2) is 43.0 Å². The van der Waals surface area contributed by atoms with E-state index in [4.69, 9.17) is 4.42 Å². The number of fused-ring (bicyclic) bond motifs is 1. The van der Waals surface area contributed by atoms with Crippen molar-refractivity contribution in [2.45, 2.75) is 31.6 Å². The maximum atomic E-state index is 13.7. The van der Waals surface area contributed by atoms with Crippen LogP contribution in [-0.2, 0) is 0 Å². The lowest BCUT2D eigenvalue weighted by atomic mass is 10.0. The van der Waals surface area contributed by atoms with Crippen molar-refractivity contribution >= 4 is 56.8 Å². The van der Waals surface area contributed by atoms with E-state index in [1.54, 1.807) is 23.1 Å². The Hall–Kier alpha value is -2.83. The molecule has 0 bridgehead atoms. The minimum absolute atomic E-state index is 0.124. The van der Waals surface area contributed by atoms with E-state index in [2.05, 4.69) is 32.9 Å². The van der Waals surface area contributed by atoms with Crippen LogP contribution < -0.4 is 15.1 Å². The highest BCUT2D eigenvalue weighted by Gasteiger charge is 2.35. The number of nitrogens with one attached hydrogen (secondary N) is 1. The number of pyridine rings is 1. The molecule has 2 aromatic heterocycles. The van der Waals surface area contributed by atoms with Crippen LogP contribution in [0.2, 0.25) is 0 Å². The molecule has 2 fully saturated rings. The van der Waals surface area contributed by atoms with Crippen LogP contribution in [0.25, 0.3) is 11.0 Å². The van der Waals surface area contributed by atoms with Gasteiger partial charge in [0.15, 0.2) is 11.4 Å². The minimum Gasteiger partial charge on any atom is -0.460 e. The first-order chi connectivity index (χ1) is 17.2. The molecule has 0 aliphatic carbocycles. The quantitative estimate of drug-likeness (QED) is 0.263. The second-order valence-corrected chi connectivity index (χ2v) is 10.2.